The molecular weight excluding hydrogens is 482 g/mol. The van der Waals surface area contributed by atoms with E-state index in [1.165, 1.54) is 18.3 Å². The first-order valence-corrected chi connectivity index (χ1v) is 13.0. The standard InChI is InChI=1S/C23H24F2N4O5S/c1-23(6-8-35(31,32)13-23)27-21(30)15-10-18-20(26-11-15)19(28-29(18)16-5-7-33-12-16)14-3-2-4-17(9-14)34-22(24)25/h2-4,9-11,16,22H,5-8,12-13H2,1H3,(H,27,30). The SMILES string of the molecule is CC1(NC(=O)c2cnc3c(-c4cccc(OC(F)F)c4)nn(C4CCOC4)c3c2)CCS(=O)(=O)C1. The smallest absolute Gasteiger partial charge is 0.387 e. The Balaban J connectivity index is 1.53. The second-order valence-electron chi connectivity index (χ2n) is 9.17. The van der Waals surface area contributed by atoms with Crippen LogP contribution in [0, 0.1) is 0 Å². The van der Waals surface area contributed by atoms with Gasteiger partial charge in [0, 0.05) is 18.4 Å². The van der Waals surface area contributed by atoms with Gasteiger partial charge in [-0.3, -0.25) is 14.5 Å². The van der Waals surface area contributed by atoms with E-state index in [4.69, 9.17) is 9.84 Å². The van der Waals surface area contributed by atoms with Crippen LogP contribution >= 0.6 is 0 Å². The molecule has 5 rings (SSSR count). The number of sulfone groups is 1. The number of alkyl halides is 2. The number of hydrogen-bond donors (Lipinski definition) is 1. The topological polar surface area (TPSA) is 112 Å². The van der Waals surface area contributed by atoms with Gasteiger partial charge in [-0.25, -0.2) is 8.42 Å². The van der Waals surface area contributed by atoms with Crippen LogP contribution in [0.25, 0.3) is 22.3 Å². The average molecular weight is 507 g/mol. The monoisotopic (exact) mass is 506 g/mol. The zero-order valence-corrected chi connectivity index (χ0v) is 19.7. The molecule has 9 nitrogen and oxygen atoms in total. The van der Waals surface area contributed by atoms with Crippen molar-refractivity contribution >= 4 is 26.8 Å². The van der Waals surface area contributed by atoms with Crippen molar-refractivity contribution in [2.75, 3.05) is 24.7 Å². The van der Waals surface area contributed by atoms with E-state index in [1.807, 2.05) is 0 Å². The highest BCUT2D eigenvalue weighted by molar-refractivity contribution is 7.91. The summed E-state index contributed by atoms with van der Waals surface area (Å²) in [6.45, 7) is -0.226. The molecule has 2 aliphatic heterocycles. The fraction of sp³-hybridized carbons (Fsp3) is 0.435. The van der Waals surface area contributed by atoms with E-state index in [1.54, 1.807) is 29.8 Å². The number of rotatable bonds is 6. The molecule has 2 aromatic heterocycles. The van der Waals surface area contributed by atoms with Gasteiger partial charge in [0.25, 0.3) is 5.91 Å². The van der Waals surface area contributed by atoms with Crippen molar-refractivity contribution in [3.8, 4) is 17.0 Å². The Morgan fingerprint density at radius 2 is 2.17 bits per heavy atom. The Morgan fingerprint density at radius 3 is 2.86 bits per heavy atom. The van der Waals surface area contributed by atoms with Gasteiger partial charge in [0.15, 0.2) is 9.84 Å². The minimum absolute atomic E-state index is 0.000146. The van der Waals surface area contributed by atoms with Crippen LogP contribution in [0.2, 0.25) is 0 Å². The predicted molar refractivity (Wildman–Crippen MR) is 123 cm³/mol. The molecule has 2 atom stereocenters. The Hall–Kier alpha value is -3.12. The average Bonchev–Trinajstić information content (AvgIpc) is 3.50. The number of fused-ring (bicyclic) bond motifs is 1. The molecule has 0 spiro atoms. The summed E-state index contributed by atoms with van der Waals surface area (Å²) < 4.78 is 61.1. The molecule has 2 saturated heterocycles. The molecule has 1 N–H and O–H groups in total. The molecule has 35 heavy (non-hydrogen) atoms. The lowest BCUT2D eigenvalue weighted by molar-refractivity contribution is -0.0498. The van der Waals surface area contributed by atoms with Gasteiger partial charge in [-0.1, -0.05) is 12.1 Å². The second kappa shape index (κ2) is 8.83. The maximum absolute atomic E-state index is 13.0. The number of nitrogens with zero attached hydrogens (tertiary/aromatic N) is 3. The van der Waals surface area contributed by atoms with Gasteiger partial charge in [-0.05, 0) is 38.0 Å². The molecule has 0 bridgehead atoms. The minimum Gasteiger partial charge on any atom is -0.435 e. The molecule has 2 fully saturated rings. The predicted octanol–water partition coefficient (Wildman–Crippen LogP) is 2.97. The first-order chi connectivity index (χ1) is 16.6. The largest absolute Gasteiger partial charge is 0.435 e. The Bertz CT molecular complexity index is 1390. The molecule has 0 aliphatic carbocycles. The third-order valence-corrected chi connectivity index (χ3v) is 8.21. The molecule has 2 unspecified atom stereocenters. The van der Waals surface area contributed by atoms with Crippen LogP contribution in [0.15, 0.2) is 36.5 Å². The van der Waals surface area contributed by atoms with Crippen molar-refractivity contribution in [1.82, 2.24) is 20.1 Å². The van der Waals surface area contributed by atoms with Crippen molar-refractivity contribution in [3.05, 3.63) is 42.1 Å². The van der Waals surface area contributed by atoms with Gasteiger partial charge < -0.3 is 14.8 Å². The van der Waals surface area contributed by atoms with Gasteiger partial charge in [0.1, 0.15) is 17.0 Å². The molecule has 0 radical (unpaired) electrons. The highest BCUT2D eigenvalue weighted by atomic mass is 32.2. The molecule has 186 valence electrons. The summed E-state index contributed by atoms with van der Waals surface area (Å²) in [4.78, 5) is 17.5. The molecule has 1 aromatic carbocycles. The van der Waals surface area contributed by atoms with Crippen LogP contribution in [-0.2, 0) is 14.6 Å². The normalized spacial score (nSPS) is 23.7. The van der Waals surface area contributed by atoms with E-state index in [2.05, 4.69) is 15.0 Å². The molecule has 1 amide bonds. The van der Waals surface area contributed by atoms with Crippen LogP contribution in [0.1, 0.15) is 36.2 Å². The van der Waals surface area contributed by atoms with Crippen molar-refractivity contribution in [3.63, 3.8) is 0 Å². The fourth-order valence-corrected chi connectivity index (χ4v) is 6.70. The van der Waals surface area contributed by atoms with Crippen LogP contribution < -0.4 is 10.1 Å². The number of nitrogens with one attached hydrogen (secondary N) is 1. The second-order valence-corrected chi connectivity index (χ2v) is 11.3. The molecule has 0 saturated carbocycles. The number of carbonyl (C=O) groups excluding carboxylic acids is 1. The van der Waals surface area contributed by atoms with Gasteiger partial charge in [-0.2, -0.15) is 13.9 Å². The lowest BCUT2D eigenvalue weighted by Crippen LogP contribution is -2.46. The van der Waals surface area contributed by atoms with Gasteiger partial charge in [0.2, 0.25) is 0 Å². The zero-order valence-electron chi connectivity index (χ0n) is 18.9. The third kappa shape index (κ3) is 4.85. The van der Waals surface area contributed by atoms with E-state index >= 15 is 0 Å². The highest BCUT2D eigenvalue weighted by Gasteiger charge is 2.39. The van der Waals surface area contributed by atoms with Crippen molar-refractivity contribution in [1.29, 1.82) is 0 Å². The summed E-state index contributed by atoms with van der Waals surface area (Å²) >= 11 is 0. The lowest BCUT2D eigenvalue weighted by atomic mass is 10.0. The number of benzene rings is 1. The van der Waals surface area contributed by atoms with Crippen LogP contribution in [0.5, 0.6) is 5.75 Å². The Morgan fingerprint density at radius 1 is 1.34 bits per heavy atom. The number of amides is 1. The molecule has 4 heterocycles. The molecular formula is C23H24F2N4O5S. The number of aromatic nitrogens is 3. The molecule has 3 aromatic rings. The van der Waals surface area contributed by atoms with E-state index in [0.717, 1.165) is 6.42 Å². The van der Waals surface area contributed by atoms with Crippen LogP contribution in [0.3, 0.4) is 0 Å². The first kappa shape index (κ1) is 23.6. The molecule has 12 heteroatoms. The summed E-state index contributed by atoms with van der Waals surface area (Å²) in [6, 6.07) is 7.79. The Kier molecular flexibility index (Phi) is 5.96. The number of hydrogen-bond acceptors (Lipinski definition) is 7. The lowest BCUT2D eigenvalue weighted by Gasteiger charge is -2.23. The van der Waals surface area contributed by atoms with Crippen molar-refractivity contribution in [2.24, 2.45) is 0 Å². The van der Waals surface area contributed by atoms with E-state index in [0.29, 0.717) is 41.9 Å². The van der Waals surface area contributed by atoms with Crippen LogP contribution in [0.4, 0.5) is 8.78 Å². The zero-order chi connectivity index (χ0) is 24.8. The number of ether oxygens (including phenoxy) is 2. The summed E-state index contributed by atoms with van der Waals surface area (Å²) in [5, 5.41) is 7.56. The fourth-order valence-electron chi connectivity index (χ4n) is 4.61. The van der Waals surface area contributed by atoms with Crippen molar-refractivity contribution < 1.29 is 31.5 Å². The maximum Gasteiger partial charge on any atom is 0.387 e. The minimum atomic E-state index is -3.19. The van der Waals surface area contributed by atoms with Gasteiger partial charge in [0.05, 0.1) is 40.8 Å². The number of halogens is 2. The maximum atomic E-state index is 13.0. The van der Waals surface area contributed by atoms with Crippen LogP contribution in [-0.4, -0.2) is 66.0 Å². The van der Waals surface area contributed by atoms with Crippen molar-refractivity contribution in [2.45, 2.75) is 38.0 Å². The highest BCUT2D eigenvalue weighted by Crippen LogP contribution is 2.33. The number of pyridine rings is 1. The van der Waals surface area contributed by atoms with Gasteiger partial charge >= 0.3 is 6.61 Å². The third-order valence-electron chi connectivity index (χ3n) is 6.31. The van der Waals surface area contributed by atoms with E-state index in [9.17, 15) is 22.0 Å². The Labute approximate surface area is 200 Å². The van der Waals surface area contributed by atoms with Gasteiger partial charge in [-0.15, -0.1) is 0 Å². The molecule has 2 aliphatic rings. The first-order valence-electron chi connectivity index (χ1n) is 11.2. The summed E-state index contributed by atoms with van der Waals surface area (Å²) in [7, 11) is -3.19. The number of carbonyl (C=O) groups is 1. The quantitative estimate of drug-likeness (QED) is 0.547. The summed E-state index contributed by atoms with van der Waals surface area (Å²) in [5.41, 5.74) is 1.52. The van der Waals surface area contributed by atoms with E-state index in [-0.39, 0.29) is 28.9 Å². The van der Waals surface area contributed by atoms with E-state index < -0.39 is 27.9 Å². The summed E-state index contributed by atoms with van der Waals surface area (Å²) in [5.74, 6) is -0.504. The summed E-state index contributed by atoms with van der Waals surface area (Å²) in [6.07, 6.45) is 2.47.